The zero-order valence-electron chi connectivity index (χ0n) is 14.4. The topological polar surface area (TPSA) is 58.8 Å². The molecule has 23 heavy (non-hydrogen) atoms. The predicted octanol–water partition coefficient (Wildman–Crippen LogP) is 1.92. The van der Waals surface area contributed by atoms with Crippen molar-refractivity contribution in [3.63, 3.8) is 0 Å². The fraction of sp³-hybridized carbons (Fsp3) is 0.938. The summed E-state index contributed by atoms with van der Waals surface area (Å²) in [6, 6.07) is 0.260. The molecule has 2 saturated heterocycles. The number of amides is 1. The number of rotatable bonds is 5. The van der Waals surface area contributed by atoms with E-state index in [-0.39, 0.29) is 42.7 Å². The van der Waals surface area contributed by atoms with Gasteiger partial charge in [0.2, 0.25) is 5.91 Å². The van der Waals surface area contributed by atoms with Gasteiger partial charge in [-0.25, -0.2) is 0 Å². The number of likely N-dealkylation sites (tertiary alicyclic amines) is 1. The first-order valence-electron chi connectivity index (χ1n) is 8.38. The van der Waals surface area contributed by atoms with Gasteiger partial charge in [0.15, 0.2) is 0 Å². The van der Waals surface area contributed by atoms with Crippen LogP contribution in [0, 0.1) is 5.92 Å². The van der Waals surface area contributed by atoms with Crippen LogP contribution in [0.1, 0.15) is 38.5 Å². The van der Waals surface area contributed by atoms with Gasteiger partial charge in [0.25, 0.3) is 0 Å². The van der Waals surface area contributed by atoms with E-state index in [1.54, 1.807) is 0 Å². The van der Waals surface area contributed by atoms with Crippen LogP contribution in [0.4, 0.5) is 0 Å². The Morgan fingerprint density at radius 1 is 1.26 bits per heavy atom. The van der Waals surface area contributed by atoms with Crippen molar-refractivity contribution >= 4 is 30.7 Å². The maximum absolute atomic E-state index is 12.4. The second-order valence-corrected chi connectivity index (χ2v) is 6.65. The lowest BCUT2D eigenvalue weighted by atomic mass is 9.91. The third kappa shape index (κ3) is 6.75. The molecule has 0 aromatic rings. The van der Waals surface area contributed by atoms with E-state index >= 15 is 0 Å². The molecule has 0 bridgehead atoms. The minimum Gasteiger partial charge on any atom is -0.381 e. The summed E-state index contributed by atoms with van der Waals surface area (Å²) in [5, 5.41) is 0. The summed E-state index contributed by atoms with van der Waals surface area (Å²) in [6.07, 6.45) is 6.74. The molecule has 2 fully saturated rings. The van der Waals surface area contributed by atoms with E-state index in [4.69, 9.17) is 10.5 Å². The van der Waals surface area contributed by atoms with Crippen molar-refractivity contribution in [2.24, 2.45) is 11.7 Å². The lowest BCUT2D eigenvalue weighted by molar-refractivity contribution is -0.133. The Morgan fingerprint density at radius 2 is 1.91 bits per heavy atom. The highest BCUT2D eigenvalue weighted by Crippen LogP contribution is 2.20. The van der Waals surface area contributed by atoms with Gasteiger partial charge in [0, 0.05) is 32.8 Å². The molecule has 0 saturated carbocycles. The first kappa shape index (κ1) is 22.9. The normalized spacial score (nSPS) is 24.2. The summed E-state index contributed by atoms with van der Waals surface area (Å²) in [7, 11) is 4.09. The van der Waals surface area contributed by atoms with Gasteiger partial charge in [0.05, 0.1) is 6.04 Å². The Balaban J connectivity index is 0.00000242. The summed E-state index contributed by atoms with van der Waals surface area (Å²) in [4.78, 5) is 16.7. The molecule has 2 heterocycles. The summed E-state index contributed by atoms with van der Waals surface area (Å²) < 4.78 is 5.34. The Labute approximate surface area is 153 Å². The number of halogens is 2. The molecule has 2 unspecified atom stereocenters. The van der Waals surface area contributed by atoms with Crippen LogP contribution < -0.4 is 5.73 Å². The van der Waals surface area contributed by atoms with Gasteiger partial charge < -0.3 is 20.3 Å². The van der Waals surface area contributed by atoms with Crippen LogP contribution in [-0.2, 0) is 9.53 Å². The molecule has 1 amide bonds. The zero-order chi connectivity index (χ0) is 15.2. The lowest BCUT2D eigenvalue weighted by Gasteiger charge is -2.34. The van der Waals surface area contributed by atoms with Crippen LogP contribution in [-0.4, -0.2) is 68.2 Å². The predicted molar refractivity (Wildman–Crippen MR) is 98.5 cm³/mol. The molecule has 5 nitrogen and oxygen atoms in total. The van der Waals surface area contributed by atoms with Crippen LogP contribution in [0.25, 0.3) is 0 Å². The minimum absolute atomic E-state index is 0. The van der Waals surface area contributed by atoms with Gasteiger partial charge in [-0.05, 0) is 51.6 Å². The minimum atomic E-state index is -0.358. The van der Waals surface area contributed by atoms with Crippen LogP contribution in [0.2, 0.25) is 0 Å². The number of nitrogens with two attached hydrogens (primary N) is 1. The standard InChI is InChI=1S/C16H31N3O2.2ClH/c1-18-9-4-3-5-14(18)6-10-19(2)16(20)15(17)13-7-11-21-12-8-13;;/h13-15H,3-12,17H2,1-2H3;2*1H. The van der Waals surface area contributed by atoms with Crippen molar-refractivity contribution in [2.75, 3.05) is 40.4 Å². The van der Waals surface area contributed by atoms with Crippen LogP contribution in [0.3, 0.4) is 0 Å². The molecule has 2 N–H and O–H groups in total. The van der Waals surface area contributed by atoms with Crippen LogP contribution in [0.15, 0.2) is 0 Å². The van der Waals surface area contributed by atoms with Gasteiger partial charge in [-0.2, -0.15) is 0 Å². The molecule has 2 aliphatic heterocycles. The molecular weight excluding hydrogens is 337 g/mol. The second-order valence-electron chi connectivity index (χ2n) is 6.65. The summed E-state index contributed by atoms with van der Waals surface area (Å²) in [6.45, 7) is 3.47. The van der Waals surface area contributed by atoms with Crippen molar-refractivity contribution in [1.82, 2.24) is 9.80 Å². The fourth-order valence-electron chi connectivity index (χ4n) is 3.49. The fourth-order valence-corrected chi connectivity index (χ4v) is 3.49. The lowest BCUT2D eigenvalue weighted by Crippen LogP contribution is -2.48. The van der Waals surface area contributed by atoms with Gasteiger partial charge >= 0.3 is 0 Å². The quantitative estimate of drug-likeness (QED) is 0.803. The number of carbonyl (C=O) groups excluding carboxylic acids is 1. The van der Waals surface area contributed by atoms with E-state index in [2.05, 4.69) is 11.9 Å². The summed E-state index contributed by atoms with van der Waals surface area (Å²) in [5.41, 5.74) is 6.17. The van der Waals surface area contributed by atoms with Gasteiger partial charge in [-0.1, -0.05) is 6.42 Å². The molecule has 2 aliphatic rings. The second kappa shape index (κ2) is 11.5. The van der Waals surface area contributed by atoms with E-state index < -0.39 is 0 Å². The third-order valence-corrected chi connectivity index (χ3v) is 5.15. The molecule has 2 rings (SSSR count). The molecule has 2 atom stereocenters. The Morgan fingerprint density at radius 3 is 2.52 bits per heavy atom. The van der Waals surface area contributed by atoms with Crippen molar-refractivity contribution in [3.05, 3.63) is 0 Å². The molecule has 0 radical (unpaired) electrons. The van der Waals surface area contributed by atoms with E-state index in [1.807, 2.05) is 11.9 Å². The molecule has 0 spiro atoms. The van der Waals surface area contributed by atoms with Crippen molar-refractivity contribution in [3.8, 4) is 0 Å². The SMILES string of the molecule is CN(CCC1CCCCN1C)C(=O)C(N)C1CCOCC1.Cl.Cl. The van der Waals surface area contributed by atoms with Gasteiger partial charge in [0.1, 0.15) is 0 Å². The highest BCUT2D eigenvalue weighted by Gasteiger charge is 2.29. The van der Waals surface area contributed by atoms with E-state index in [0.29, 0.717) is 6.04 Å². The number of ether oxygens (including phenoxy) is 1. The maximum Gasteiger partial charge on any atom is 0.239 e. The average Bonchev–Trinajstić information content (AvgIpc) is 2.53. The number of hydrogen-bond acceptors (Lipinski definition) is 4. The number of carbonyl (C=O) groups is 1. The Kier molecular flexibility index (Phi) is 11.4. The van der Waals surface area contributed by atoms with Crippen LogP contribution >= 0.6 is 24.8 Å². The third-order valence-electron chi connectivity index (χ3n) is 5.15. The van der Waals surface area contributed by atoms with Crippen molar-refractivity contribution < 1.29 is 9.53 Å². The first-order valence-corrected chi connectivity index (χ1v) is 8.38. The highest BCUT2D eigenvalue weighted by molar-refractivity contribution is 5.85. The summed E-state index contributed by atoms with van der Waals surface area (Å²) >= 11 is 0. The monoisotopic (exact) mass is 369 g/mol. The number of nitrogens with zero attached hydrogens (tertiary/aromatic N) is 2. The Hall–Kier alpha value is -0.0700. The maximum atomic E-state index is 12.4. The average molecular weight is 370 g/mol. The Bertz CT molecular complexity index is 341. The smallest absolute Gasteiger partial charge is 0.239 e. The van der Waals surface area contributed by atoms with E-state index in [1.165, 1.54) is 25.8 Å². The van der Waals surface area contributed by atoms with Gasteiger partial charge in [-0.15, -0.1) is 24.8 Å². The van der Waals surface area contributed by atoms with E-state index in [9.17, 15) is 4.79 Å². The number of likely N-dealkylation sites (N-methyl/N-ethyl adjacent to an activating group) is 1. The molecule has 138 valence electrons. The molecular formula is C16H33Cl2N3O2. The molecule has 0 aromatic carbocycles. The number of hydrogen-bond donors (Lipinski definition) is 1. The molecule has 0 aromatic heterocycles. The highest BCUT2D eigenvalue weighted by atomic mass is 35.5. The zero-order valence-corrected chi connectivity index (χ0v) is 16.0. The van der Waals surface area contributed by atoms with Crippen LogP contribution in [0.5, 0.6) is 0 Å². The largest absolute Gasteiger partial charge is 0.381 e. The molecule has 0 aliphatic carbocycles. The van der Waals surface area contributed by atoms with Gasteiger partial charge in [-0.3, -0.25) is 4.79 Å². The van der Waals surface area contributed by atoms with Crippen molar-refractivity contribution in [2.45, 2.75) is 50.6 Å². The van der Waals surface area contributed by atoms with Crippen molar-refractivity contribution in [1.29, 1.82) is 0 Å². The van der Waals surface area contributed by atoms with E-state index in [0.717, 1.165) is 39.0 Å². The summed E-state index contributed by atoms with van der Waals surface area (Å²) in [5.74, 6) is 0.381. The molecule has 7 heteroatoms. The first-order chi connectivity index (χ1) is 10.1. The number of piperidine rings is 1.